The largest absolute Gasteiger partial charge is 0.322 e. The SMILES string of the molecule is CCc1c(C(=O)Nc2ccc(SC)cc2)cnn1-c1ccc(F)cc1. The van der Waals surface area contributed by atoms with E-state index in [0.29, 0.717) is 12.0 Å². The van der Waals surface area contributed by atoms with E-state index in [2.05, 4.69) is 10.4 Å². The average Bonchev–Trinajstić information content (AvgIpc) is 3.07. The van der Waals surface area contributed by atoms with Gasteiger partial charge in [-0.25, -0.2) is 9.07 Å². The number of rotatable bonds is 5. The molecule has 128 valence electrons. The van der Waals surface area contributed by atoms with E-state index in [9.17, 15) is 9.18 Å². The van der Waals surface area contributed by atoms with E-state index in [1.165, 1.54) is 12.1 Å². The molecule has 1 amide bonds. The lowest BCUT2D eigenvalue weighted by Crippen LogP contribution is -2.14. The first-order chi connectivity index (χ1) is 12.1. The predicted molar refractivity (Wildman–Crippen MR) is 99.1 cm³/mol. The molecule has 4 nitrogen and oxygen atoms in total. The molecule has 25 heavy (non-hydrogen) atoms. The van der Waals surface area contributed by atoms with Gasteiger partial charge in [-0.05, 0) is 61.2 Å². The Balaban J connectivity index is 1.86. The molecule has 0 bridgehead atoms. The molecule has 0 saturated heterocycles. The van der Waals surface area contributed by atoms with Crippen LogP contribution >= 0.6 is 11.8 Å². The molecule has 1 N–H and O–H groups in total. The molecule has 0 fully saturated rings. The number of carbonyl (C=O) groups excluding carboxylic acids is 1. The van der Waals surface area contributed by atoms with Crippen LogP contribution in [0, 0.1) is 5.82 Å². The van der Waals surface area contributed by atoms with Crippen LogP contribution in [0.25, 0.3) is 5.69 Å². The fourth-order valence-electron chi connectivity index (χ4n) is 2.58. The maximum absolute atomic E-state index is 13.1. The maximum Gasteiger partial charge on any atom is 0.259 e. The molecule has 0 radical (unpaired) electrons. The van der Waals surface area contributed by atoms with Gasteiger partial charge in [0.05, 0.1) is 23.1 Å². The smallest absolute Gasteiger partial charge is 0.259 e. The van der Waals surface area contributed by atoms with Crippen molar-refractivity contribution in [3.05, 3.63) is 71.8 Å². The molecular weight excluding hydrogens is 337 g/mol. The van der Waals surface area contributed by atoms with Crippen molar-refractivity contribution in [2.24, 2.45) is 0 Å². The molecule has 3 aromatic rings. The minimum Gasteiger partial charge on any atom is -0.322 e. The molecule has 0 aliphatic rings. The molecule has 2 aromatic carbocycles. The standard InChI is InChI=1S/C19H18FN3OS/c1-3-18-17(12-21-23(18)15-8-4-13(20)5-9-15)19(24)22-14-6-10-16(25-2)11-7-14/h4-12H,3H2,1-2H3,(H,22,24). The molecule has 0 saturated carbocycles. The molecule has 1 aromatic heterocycles. The zero-order valence-electron chi connectivity index (χ0n) is 14.0. The summed E-state index contributed by atoms with van der Waals surface area (Å²) in [6.07, 6.45) is 4.18. The number of carbonyl (C=O) groups is 1. The van der Waals surface area contributed by atoms with Crippen molar-refractivity contribution in [3.8, 4) is 5.69 Å². The summed E-state index contributed by atoms with van der Waals surface area (Å²) in [4.78, 5) is 13.8. The van der Waals surface area contributed by atoms with Gasteiger partial charge >= 0.3 is 0 Å². The van der Waals surface area contributed by atoms with E-state index in [0.717, 1.165) is 22.0 Å². The van der Waals surface area contributed by atoms with E-state index in [4.69, 9.17) is 0 Å². The van der Waals surface area contributed by atoms with Crippen LogP contribution in [0.3, 0.4) is 0 Å². The van der Waals surface area contributed by atoms with Crippen LogP contribution in [0.1, 0.15) is 23.0 Å². The van der Waals surface area contributed by atoms with Crippen LogP contribution in [0.5, 0.6) is 0 Å². The third-order valence-electron chi connectivity index (χ3n) is 3.87. The van der Waals surface area contributed by atoms with Gasteiger partial charge in [0.1, 0.15) is 5.82 Å². The van der Waals surface area contributed by atoms with Gasteiger partial charge < -0.3 is 5.32 Å². The Hall–Kier alpha value is -2.60. The lowest BCUT2D eigenvalue weighted by Gasteiger charge is -2.09. The van der Waals surface area contributed by atoms with Crippen molar-refractivity contribution in [2.75, 3.05) is 11.6 Å². The van der Waals surface area contributed by atoms with Gasteiger partial charge in [0.2, 0.25) is 0 Å². The van der Waals surface area contributed by atoms with E-state index < -0.39 is 0 Å². The number of hydrogen-bond donors (Lipinski definition) is 1. The maximum atomic E-state index is 13.1. The molecular formula is C19H18FN3OS. The van der Waals surface area contributed by atoms with Crippen molar-refractivity contribution in [3.63, 3.8) is 0 Å². The second-order valence-corrected chi connectivity index (χ2v) is 6.31. The third-order valence-corrected chi connectivity index (χ3v) is 4.61. The zero-order chi connectivity index (χ0) is 17.8. The van der Waals surface area contributed by atoms with Crippen LogP contribution in [0.2, 0.25) is 0 Å². The highest BCUT2D eigenvalue weighted by atomic mass is 32.2. The summed E-state index contributed by atoms with van der Waals surface area (Å²) in [5, 5.41) is 7.20. The molecule has 0 aliphatic heterocycles. The highest BCUT2D eigenvalue weighted by Gasteiger charge is 2.17. The van der Waals surface area contributed by atoms with Gasteiger partial charge in [0.15, 0.2) is 0 Å². The quantitative estimate of drug-likeness (QED) is 0.683. The Labute approximate surface area is 150 Å². The molecule has 0 atom stereocenters. The Bertz CT molecular complexity index is 873. The lowest BCUT2D eigenvalue weighted by molar-refractivity contribution is 0.102. The molecule has 0 unspecified atom stereocenters. The minimum atomic E-state index is -0.305. The molecule has 6 heteroatoms. The normalized spacial score (nSPS) is 10.7. The second kappa shape index (κ2) is 7.53. The minimum absolute atomic E-state index is 0.206. The summed E-state index contributed by atoms with van der Waals surface area (Å²) >= 11 is 1.65. The van der Waals surface area contributed by atoms with Crippen LogP contribution in [0.15, 0.2) is 59.6 Å². The number of halogens is 1. The number of amides is 1. The second-order valence-electron chi connectivity index (χ2n) is 5.43. The molecule has 0 aliphatic carbocycles. The molecule has 0 spiro atoms. The summed E-state index contributed by atoms with van der Waals surface area (Å²) in [6.45, 7) is 1.96. The summed E-state index contributed by atoms with van der Waals surface area (Å²) in [5.74, 6) is -0.511. The summed E-state index contributed by atoms with van der Waals surface area (Å²) in [7, 11) is 0. The van der Waals surface area contributed by atoms with Crippen LogP contribution < -0.4 is 5.32 Å². The van der Waals surface area contributed by atoms with E-state index in [1.54, 1.807) is 34.8 Å². The Kier molecular flexibility index (Phi) is 5.19. The third kappa shape index (κ3) is 3.74. The van der Waals surface area contributed by atoms with Gasteiger partial charge in [-0.15, -0.1) is 11.8 Å². The van der Waals surface area contributed by atoms with Crippen LogP contribution in [-0.4, -0.2) is 21.9 Å². The first kappa shape index (κ1) is 17.2. The first-order valence-electron chi connectivity index (χ1n) is 7.90. The van der Waals surface area contributed by atoms with Crippen molar-refractivity contribution in [2.45, 2.75) is 18.2 Å². The van der Waals surface area contributed by atoms with Crippen molar-refractivity contribution in [1.82, 2.24) is 9.78 Å². The van der Waals surface area contributed by atoms with Crippen molar-refractivity contribution < 1.29 is 9.18 Å². The lowest BCUT2D eigenvalue weighted by atomic mass is 10.2. The fourth-order valence-corrected chi connectivity index (χ4v) is 2.99. The van der Waals surface area contributed by atoms with Crippen LogP contribution in [0.4, 0.5) is 10.1 Å². The number of benzene rings is 2. The summed E-state index contributed by atoms with van der Waals surface area (Å²) in [6, 6.07) is 13.7. The van der Waals surface area contributed by atoms with Gasteiger partial charge in [-0.3, -0.25) is 4.79 Å². The highest BCUT2D eigenvalue weighted by molar-refractivity contribution is 7.98. The number of aromatic nitrogens is 2. The Morgan fingerprint density at radius 2 is 1.84 bits per heavy atom. The van der Waals surface area contributed by atoms with Gasteiger partial charge in [0, 0.05) is 10.6 Å². The van der Waals surface area contributed by atoms with Crippen molar-refractivity contribution >= 4 is 23.4 Å². The Morgan fingerprint density at radius 1 is 1.16 bits per heavy atom. The number of nitrogens with one attached hydrogen (secondary N) is 1. The molecule has 3 rings (SSSR count). The monoisotopic (exact) mass is 355 g/mol. The molecule has 1 heterocycles. The number of thioether (sulfide) groups is 1. The van der Waals surface area contributed by atoms with Gasteiger partial charge in [0.25, 0.3) is 5.91 Å². The number of nitrogens with zero attached hydrogens (tertiary/aromatic N) is 2. The Morgan fingerprint density at radius 3 is 2.44 bits per heavy atom. The predicted octanol–water partition coefficient (Wildman–Crippen LogP) is 4.55. The van der Waals surface area contributed by atoms with Crippen molar-refractivity contribution in [1.29, 1.82) is 0 Å². The van der Waals surface area contributed by atoms with Crippen LogP contribution in [-0.2, 0) is 6.42 Å². The first-order valence-corrected chi connectivity index (χ1v) is 9.13. The van der Waals surface area contributed by atoms with E-state index >= 15 is 0 Å². The van der Waals surface area contributed by atoms with Gasteiger partial charge in [-0.1, -0.05) is 6.92 Å². The van der Waals surface area contributed by atoms with Gasteiger partial charge in [-0.2, -0.15) is 5.10 Å². The summed E-state index contributed by atoms with van der Waals surface area (Å²) < 4.78 is 14.8. The zero-order valence-corrected chi connectivity index (χ0v) is 14.8. The van der Waals surface area contributed by atoms with E-state index in [-0.39, 0.29) is 11.7 Å². The average molecular weight is 355 g/mol. The highest BCUT2D eigenvalue weighted by Crippen LogP contribution is 2.20. The number of hydrogen-bond acceptors (Lipinski definition) is 3. The summed E-state index contributed by atoms with van der Waals surface area (Å²) in [5.41, 5.74) is 2.76. The van der Waals surface area contributed by atoms with E-state index in [1.807, 2.05) is 37.4 Å². The fraction of sp³-hybridized carbons (Fsp3) is 0.158. The topological polar surface area (TPSA) is 46.9 Å². The number of anilines is 1.